The summed E-state index contributed by atoms with van der Waals surface area (Å²) in [4.78, 5) is 0.312. The van der Waals surface area contributed by atoms with Crippen molar-refractivity contribution in [3.05, 3.63) is 57.6 Å². The maximum Gasteiger partial charge on any atom is 0.243 e. The molecule has 0 aliphatic carbocycles. The molecule has 1 N–H and O–H groups in total. The summed E-state index contributed by atoms with van der Waals surface area (Å²) in [5, 5.41) is 10.2. The zero-order valence-corrected chi connectivity index (χ0v) is 14.7. The number of fused-ring (bicyclic) bond motifs is 1. The predicted octanol–water partition coefficient (Wildman–Crippen LogP) is 3.33. The van der Waals surface area contributed by atoms with Gasteiger partial charge in [0.1, 0.15) is 5.75 Å². The fraction of sp³-hybridized carbons (Fsp3) is 0.333. The summed E-state index contributed by atoms with van der Waals surface area (Å²) < 4.78 is 27.2. The Balaban J connectivity index is 2.04. The molecule has 0 amide bonds. The van der Waals surface area contributed by atoms with Gasteiger partial charge < -0.3 is 5.11 Å². The summed E-state index contributed by atoms with van der Waals surface area (Å²) in [6.45, 7) is 8.26. The molecule has 0 radical (unpaired) electrons. The van der Waals surface area contributed by atoms with Crippen molar-refractivity contribution in [2.24, 2.45) is 0 Å². The van der Waals surface area contributed by atoms with Crippen LogP contribution in [0.25, 0.3) is 0 Å². The summed E-state index contributed by atoms with van der Waals surface area (Å²) in [5.74, 6) is 0.274. The van der Waals surface area contributed by atoms with E-state index in [1.54, 1.807) is 12.1 Å². The van der Waals surface area contributed by atoms with Gasteiger partial charge in [0.15, 0.2) is 0 Å². The van der Waals surface area contributed by atoms with Crippen LogP contribution in [0.15, 0.2) is 29.2 Å². The van der Waals surface area contributed by atoms with Crippen LogP contribution in [0.4, 0.5) is 0 Å². The second kappa shape index (κ2) is 5.35. The topological polar surface area (TPSA) is 57.6 Å². The maximum atomic E-state index is 12.9. The van der Waals surface area contributed by atoms with Gasteiger partial charge in [0, 0.05) is 13.1 Å². The van der Waals surface area contributed by atoms with Gasteiger partial charge in [0.25, 0.3) is 0 Å². The summed E-state index contributed by atoms with van der Waals surface area (Å²) in [6, 6.07) is 6.91. The van der Waals surface area contributed by atoms with E-state index in [0.717, 1.165) is 33.4 Å². The third-order valence-corrected chi connectivity index (χ3v) is 6.68. The number of aryl methyl sites for hydroxylation is 1. The third kappa shape index (κ3) is 2.44. The Hall–Kier alpha value is -1.85. The van der Waals surface area contributed by atoms with Crippen LogP contribution in [0, 0.1) is 27.7 Å². The molecule has 0 spiro atoms. The molecule has 3 rings (SSSR count). The number of sulfonamides is 1. The molecule has 1 aliphatic heterocycles. The molecule has 122 valence electrons. The number of hydrogen-bond donors (Lipinski definition) is 1. The van der Waals surface area contributed by atoms with Crippen molar-refractivity contribution in [3.63, 3.8) is 0 Å². The summed E-state index contributed by atoms with van der Waals surface area (Å²) in [6.07, 6.45) is 0. The summed E-state index contributed by atoms with van der Waals surface area (Å²) in [7, 11) is -3.53. The van der Waals surface area contributed by atoms with Gasteiger partial charge in [-0.2, -0.15) is 4.31 Å². The van der Waals surface area contributed by atoms with Crippen LogP contribution in [0.2, 0.25) is 0 Å². The quantitative estimate of drug-likeness (QED) is 0.918. The zero-order valence-electron chi connectivity index (χ0n) is 13.8. The zero-order chi connectivity index (χ0) is 16.9. The summed E-state index contributed by atoms with van der Waals surface area (Å²) >= 11 is 0. The van der Waals surface area contributed by atoms with Crippen molar-refractivity contribution in [2.45, 2.75) is 45.7 Å². The first-order valence-corrected chi connectivity index (χ1v) is 9.04. The van der Waals surface area contributed by atoms with Gasteiger partial charge in [0.05, 0.1) is 4.90 Å². The van der Waals surface area contributed by atoms with Crippen LogP contribution in [0.5, 0.6) is 5.75 Å². The Morgan fingerprint density at radius 1 is 0.870 bits per heavy atom. The molecule has 0 saturated carbocycles. The lowest BCUT2D eigenvalue weighted by atomic mass is 9.94. The van der Waals surface area contributed by atoms with E-state index in [9.17, 15) is 13.5 Å². The van der Waals surface area contributed by atoms with Crippen LogP contribution in [-0.2, 0) is 23.1 Å². The second-order valence-electron chi connectivity index (χ2n) is 6.27. The molecule has 5 heteroatoms. The first-order valence-electron chi connectivity index (χ1n) is 7.60. The van der Waals surface area contributed by atoms with E-state index in [1.165, 1.54) is 4.31 Å². The summed E-state index contributed by atoms with van der Waals surface area (Å²) in [5.41, 5.74) is 5.57. The number of phenols is 1. The Bertz CT molecular complexity index is 847. The second-order valence-corrected chi connectivity index (χ2v) is 8.20. The first-order chi connectivity index (χ1) is 10.7. The van der Waals surface area contributed by atoms with Crippen LogP contribution < -0.4 is 0 Å². The van der Waals surface area contributed by atoms with Gasteiger partial charge in [-0.25, -0.2) is 8.42 Å². The molecular weight excluding hydrogens is 310 g/mol. The standard InChI is InChI=1S/C18H21NO3S/c1-11-5-7-15(8-6-11)23(21,22)19-9-16-12(2)13(3)18(20)14(4)17(16)10-19/h5-8,20H,9-10H2,1-4H3. The van der Waals surface area contributed by atoms with Gasteiger partial charge in [-0.3, -0.25) is 0 Å². The van der Waals surface area contributed by atoms with Crippen LogP contribution in [-0.4, -0.2) is 17.8 Å². The SMILES string of the molecule is Cc1ccc(S(=O)(=O)N2Cc3c(C)c(C)c(O)c(C)c3C2)cc1. The third-order valence-electron chi connectivity index (χ3n) is 4.87. The molecule has 0 fully saturated rings. The maximum absolute atomic E-state index is 12.9. The minimum absolute atomic E-state index is 0.274. The van der Waals surface area contributed by atoms with E-state index in [2.05, 4.69) is 0 Å². The van der Waals surface area contributed by atoms with E-state index in [4.69, 9.17) is 0 Å². The van der Waals surface area contributed by atoms with Crippen LogP contribution in [0.1, 0.15) is 33.4 Å². The lowest BCUT2D eigenvalue weighted by Crippen LogP contribution is -2.25. The average molecular weight is 331 g/mol. The largest absolute Gasteiger partial charge is 0.507 e. The fourth-order valence-corrected chi connectivity index (χ4v) is 4.52. The Morgan fingerprint density at radius 3 is 1.96 bits per heavy atom. The minimum atomic E-state index is -3.53. The van der Waals surface area contributed by atoms with E-state index in [0.29, 0.717) is 18.0 Å². The number of rotatable bonds is 2. The van der Waals surface area contributed by atoms with E-state index in [-0.39, 0.29) is 5.75 Å². The molecule has 1 aliphatic rings. The predicted molar refractivity (Wildman–Crippen MR) is 89.9 cm³/mol. The van der Waals surface area contributed by atoms with E-state index in [1.807, 2.05) is 39.8 Å². The van der Waals surface area contributed by atoms with Crippen molar-refractivity contribution in [3.8, 4) is 5.75 Å². The monoisotopic (exact) mass is 331 g/mol. The van der Waals surface area contributed by atoms with Gasteiger partial charge in [-0.1, -0.05) is 17.7 Å². The van der Waals surface area contributed by atoms with Crippen LogP contribution in [0.3, 0.4) is 0 Å². The van der Waals surface area contributed by atoms with Gasteiger partial charge in [-0.05, 0) is 67.6 Å². The van der Waals surface area contributed by atoms with Gasteiger partial charge >= 0.3 is 0 Å². The molecule has 2 aromatic carbocycles. The number of nitrogens with zero attached hydrogens (tertiary/aromatic N) is 1. The van der Waals surface area contributed by atoms with Gasteiger partial charge in [0.2, 0.25) is 10.0 Å². The van der Waals surface area contributed by atoms with Crippen molar-refractivity contribution >= 4 is 10.0 Å². The van der Waals surface area contributed by atoms with Crippen molar-refractivity contribution in [2.75, 3.05) is 0 Å². The first kappa shape index (κ1) is 16.0. The average Bonchev–Trinajstić information content (AvgIpc) is 2.97. The molecular formula is C18H21NO3S. The normalized spacial score (nSPS) is 15.0. The van der Waals surface area contributed by atoms with Crippen molar-refractivity contribution in [1.29, 1.82) is 0 Å². The molecule has 0 saturated heterocycles. The molecule has 0 unspecified atom stereocenters. The number of hydrogen-bond acceptors (Lipinski definition) is 3. The highest BCUT2D eigenvalue weighted by atomic mass is 32.2. The van der Waals surface area contributed by atoms with Crippen molar-refractivity contribution in [1.82, 2.24) is 4.31 Å². The Morgan fingerprint density at radius 2 is 1.39 bits per heavy atom. The molecule has 0 atom stereocenters. The molecule has 4 nitrogen and oxygen atoms in total. The van der Waals surface area contributed by atoms with Gasteiger partial charge in [-0.15, -0.1) is 0 Å². The lowest BCUT2D eigenvalue weighted by Gasteiger charge is -2.16. The van der Waals surface area contributed by atoms with Crippen LogP contribution >= 0.6 is 0 Å². The molecule has 23 heavy (non-hydrogen) atoms. The molecule has 2 aromatic rings. The Kier molecular flexibility index (Phi) is 3.73. The Labute approximate surface area is 137 Å². The highest BCUT2D eigenvalue weighted by Crippen LogP contribution is 2.38. The molecule has 0 aromatic heterocycles. The van der Waals surface area contributed by atoms with E-state index >= 15 is 0 Å². The highest BCUT2D eigenvalue weighted by molar-refractivity contribution is 7.89. The highest BCUT2D eigenvalue weighted by Gasteiger charge is 2.33. The fourth-order valence-electron chi connectivity index (χ4n) is 3.15. The molecule has 1 heterocycles. The number of aromatic hydroxyl groups is 1. The number of phenolic OH excluding ortho intramolecular Hbond substituents is 1. The molecule has 0 bridgehead atoms. The number of benzene rings is 2. The minimum Gasteiger partial charge on any atom is -0.507 e. The smallest absolute Gasteiger partial charge is 0.243 e. The van der Waals surface area contributed by atoms with Crippen molar-refractivity contribution < 1.29 is 13.5 Å². The lowest BCUT2D eigenvalue weighted by molar-refractivity contribution is 0.430. The van der Waals surface area contributed by atoms with E-state index < -0.39 is 10.0 Å².